The van der Waals surface area contributed by atoms with Crippen LogP contribution in [0.25, 0.3) is 0 Å². The molecule has 6 nitrogen and oxygen atoms in total. The van der Waals surface area contributed by atoms with Crippen molar-refractivity contribution in [2.45, 2.75) is 11.3 Å². The average molecular weight is 442 g/mol. The fourth-order valence-corrected chi connectivity index (χ4v) is 3.40. The third kappa shape index (κ3) is 6.64. The predicted molar refractivity (Wildman–Crippen MR) is 117 cm³/mol. The van der Waals surface area contributed by atoms with Crippen LogP contribution in [0.1, 0.15) is 12.0 Å². The van der Waals surface area contributed by atoms with Crippen molar-refractivity contribution in [2.75, 3.05) is 31.7 Å². The maximum absolute atomic E-state index is 13.6. The highest BCUT2D eigenvalue weighted by Gasteiger charge is 2.12. The maximum Gasteiger partial charge on any atom is 0.175 e. The van der Waals surface area contributed by atoms with Gasteiger partial charge in [-0.2, -0.15) is 5.26 Å². The van der Waals surface area contributed by atoms with Gasteiger partial charge in [0.2, 0.25) is 0 Å². The van der Waals surface area contributed by atoms with Crippen LogP contribution in [0.5, 0.6) is 11.5 Å². The molecule has 0 unspecified atom stereocenters. The minimum absolute atomic E-state index is 0.145. The topological polar surface area (TPSA) is 74.1 Å². The Bertz CT molecular complexity index is 1070. The Balaban J connectivity index is 1.83. The summed E-state index contributed by atoms with van der Waals surface area (Å²) in [7, 11) is 4.05. The van der Waals surface area contributed by atoms with Gasteiger partial charge in [0.1, 0.15) is 17.6 Å². The van der Waals surface area contributed by atoms with Gasteiger partial charge in [0.25, 0.3) is 0 Å². The molecule has 0 amide bonds. The van der Waals surface area contributed by atoms with Crippen molar-refractivity contribution < 1.29 is 13.5 Å². The molecular formula is C22H21F2N5OS. The van der Waals surface area contributed by atoms with Gasteiger partial charge in [0.05, 0.1) is 5.56 Å². The van der Waals surface area contributed by atoms with Crippen molar-refractivity contribution >= 4 is 23.4 Å². The number of aromatic nitrogens is 2. The van der Waals surface area contributed by atoms with Crippen molar-refractivity contribution in [3.63, 3.8) is 0 Å². The number of ether oxygens (including phenoxy) is 1. The van der Waals surface area contributed by atoms with E-state index in [9.17, 15) is 8.78 Å². The lowest BCUT2D eigenvalue weighted by atomic mass is 10.3. The van der Waals surface area contributed by atoms with Gasteiger partial charge in [0, 0.05) is 23.4 Å². The minimum Gasteiger partial charge on any atom is -0.453 e. The van der Waals surface area contributed by atoms with E-state index in [4.69, 9.17) is 10.00 Å². The summed E-state index contributed by atoms with van der Waals surface area (Å²) >= 11 is 1.63. The molecule has 0 fully saturated rings. The highest BCUT2D eigenvalue weighted by molar-refractivity contribution is 7.99. The van der Waals surface area contributed by atoms with Crippen molar-refractivity contribution in [3.05, 3.63) is 66.0 Å². The van der Waals surface area contributed by atoms with E-state index in [0.717, 1.165) is 35.7 Å². The number of nitriles is 1. The molecular weight excluding hydrogens is 420 g/mol. The second kappa shape index (κ2) is 10.7. The number of nitrogens with one attached hydrogen (secondary N) is 1. The fraction of sp³-hybridized carbons (Fsp3) is 0.227. The van der Waals surface area contributed by atoms with Crippen LogP contribution < -0.4 is 10.1 Å². The van der Waals surface area contributed by atoms with E-state index < -0.39 is 11.6 Å². The predicted octanol–water partition coefficient (Wildman–Crippen LogP) is 5.21. The smallest absolute Gasteiger partial charge is 0.175 e. The summed E-state index contributed by atoms with van der Waals surface area (Å²) in [4.78, 5) is 11.6. The zero-order valence-electron chi connectivity index (χ0n) is 17.1. The second-order valence-corrected chi connectivity index (χ2v) is 8.04. The third-order valence-electron chi connectivity index (χ3n) is 4.10. The molecule has 0 spiro atoms. The minimum atomic E-state index is -0.997. The Morgan fingerprint density at radius 2 is 1.94 bits per heavy atom. The number of hydrogen-bond acceptors (Lipinski definition) is 7. The Labute approximate surface area is 183 Å². The molecule has 0 atom stereocenters. The summed E-state index contributed by atoms with van der Waals surface area (Å²) in [5, 5.41) is 12.0. The Morgan fingerprint density at radius 3 is 2.61 bits per heavy atom. The molecule has 160 valence electrons. The zero-order valence-corrected chi connectivity index (χ0v) is 17.9. The molecule has 0 saturated carbocycles. The molecule has 0 radical (unpaired) electrons. The summed E-state index contributed by atoms with van der Waals surface area (Å²) < 4.78 is 32.7. The van der Waals surface area contributed by atoms with E-state index in [-0.39, 0.29) is 5.75 Å². The Kier molecular flexibility index (Phi) is 7.76. The third-order valence-corrected chi connectivity index (χ3v) is 5.15. The second-order valence-electron chi connectivity index (χ2n) is 6.87. The standard InChI is InChI=1S/C22H21F2N5OS/c1-29(2)8-3-9-31-17-11-20(30-16-5-6-18(23)19(24)10-16)22(27-14-17)28-21-7-4-15(12-25)13-26-21/h4-7,10-11,13-14H,3,8-9H2,1-2H3,(H,26,27,28). The van der Waals surface area contributed by atoms with Crippen LogP contribution in [0.3, 0.4) is 0 Å². The average Bonchev–Trinajstić information content (AvgIpc) is 2.76. The van der Waals surface area contributed by atoms with Gasteiger partial charge in [-0.05, 0) is 63.1 Å². The molecule has 0 aliphatic rings. The molecule has 0 aliphatic heterocycles. The van der Waals surface area contributed by atoms with Gasteiger partial charge < -0.3 is 15.0 Å². The summed E-state index contributed by atoms with van der Waals surface area (Å²) in [6.07, 6.45) is 4.16. The van der Waals surface area contributed by atoms with E-state index in [1.807, 2.05) is 20.2 Å². The lowest BCUT2D eigenvalue weighted by Crippen LogP contribution is -2.13. The fourth-order valence-electron chi connectivity index (χ4n) is 2.57. The van der Waals surface area contributed by atoms with E-state index in [2.05, 4.69) is 20.2 Å². The van der Waals surface area contributed by atoms with Crippen LogP contribution in [0.15, 0.2) is 53.7 Å². The van der Waals surface area contributed by atoms with Crippen molar-refractivity contribution in [3.8, 4) is 17.6 Å². The monoisotopic (exact) mass is 441 g/mol. The van der Waals surface area contributed by atoms with Gasteiger partial charge in [-0.1, -0.05) is 0 Å². The lowest BCUT2D eigenvalue weighted by Gasteiger charge is -2.14. The lowest BCUT2D eigenvalue weighted by molar-refractivity contribution is 0.410. The van der Waals surface area contributed by atoms with E-state index in [0.29, 0.717) is 22.9 Å². The molecule has 3 aromatic rings. The number of halogens is 2. The molecule has 0 saturated heterocycles. The van der Waals surface area contributed by atoms with Gasteiger partial charge in [0.15, 0.2) is 23.2 Å². The molecule has 2 aromatic heterocycles. The number of thioether (sulfide) groups is 1. The summed E-state index contributed by atoms with van der Waals surface area (Å²) in [6.45, 7) is 0.975. The molecule has 3 rings (SSSR count). The maximum atomic E-state index is 13.6. The molecule has 1 aromatic carbocycles. The number of pyridine rings is 2. The van der Waals surface area contributed by atoms with Gasteiger partial charge in [-0.25, -0.2) is 18.7 Å². The normalized spacial score (nSPS) is 10.7. The molecule has 0 aliphatic carbocycles. The van der Waals surface area contributed by atoms with Gasteiger partial charge in [-0.3, -0.25) is 0 Å². The number of anilines is 2. The molecule has 31 heavy (non-hydrogen) atoms. The van der Waals surface area contributed by atoms with E-state index in [1.165, 1.54) is 12.3 Å². The zero-order chi connectivity index (χ0) is 22.2. The van der Waals surface area contributed by atoms with Crippen LogP contribution >= 0.6 is 11.8 Å². The quantitative estimate of drug-likeness (QED) is 0.361. The molecule has 2 heterocycles. The highest BCUT2D eigenvalue weighted by atomic mass is 32.2. The first-order valence-electron chi connectivity index (χ1n) is 9.48. The van der Waals surface area contributed by atoms with Crippen molar-refractivity contribution in [1.82, 2.24) is 14.9 Å². The van der Waals surface area contributed by atoms with Gasteiger partial charge >= 0.3 is 0 Å². The Hall–Kier alpha value is -3.22. The van der Waals surface area contributed by atoms with E-state index in [1.54, 1.807) is 36.2 Å². The number of hydrogen-bond donors (Lipinski definition) is 1. The largest absolute Gasteiger partial charge is 0.453 e. The summed E-state index contributed by atoms with van der Waals surface area (Å²) in [6, 6.07) is 10.4. The van der Waals surface area contributed by atoms with Crippen LogP contribution in [0.4, 0.5) is 20.4 Å². The molecule has 0 bridgehead atoms. The Morgan fingerprint density at radius 1 is 1.10 bits per heavy atom. The van der Waals surface area contributed by atoms with Crippen LogP contribution in [0.2, 0.25) is 0 Å². The SMILES string of the molecule is CN(C)CCCSc1cnc(Nc2ccc(C#N)cn2)c(Oc2ccc(F)c(F)c2)c1. The highest BCUT2D eigenvalue weighted by Crippen LogP contribution is 2.34. The van der Waals surface area contributed by atoms with Crippen LogP contribution in [-0.4, -0.2) is 41.3 Å². The number of rotatable bonds is 9. The number of benzene rings is 1. The van der Waals surface area contributed by atoms with Gasteiger partial charge in [-0.15, -0.1) is 11.8 Å². The number of nitrogens with zero attached hydrogens (tertiary/aromatic N) is 4. The first-order chi connectivity index (χ1) is 14.9. The van der Waals surface area contributed by atoms with E-state index >= 15 is 0 Å². The summed E-state index contributed by atoms with van der Waals surface area (Å²) in [5.74, 6) is 0.265. The van der Waals surface area contributed by atoms with Crippen molar-refractivity contribution in [1.29, 1.82) is 5.26 Å². The van der Waals surface area contributed by atoms with Crippen LogP contribution in [0, 0.1) is 23.0 Å². The van der Waals surface area contributed by atoms with Crippen molar-refractivity contribution in [2.24, 2.45) is 0 Å². The molecule has 1 N–H and O–H groups in total. The first kappa shape index (κ1) is 22.5. The first-order valence-corrected chi connectivity index (χ1v) is 10.5. The van der Waals surface area contributed by atoms with Crippen LogP contribution in [-0.2, 0) is 0 Å². The summed E-state index contributed by atoms with van der Waals surface area (Å²) in [5.41, 5.74) is 0.432. The molecule has 9 heteroatoms.